The van der Waals surface area contributed by atoms with Crippen molar-refractivity contribution in [2.45, 2.75) is 13.3 Å². The molecule has 0 spiro atoms. The Bertz CT molecular complexity index is 681. The number of ether oxygens (including phenoxy) is 2. The molecule has 0 aromatic heterocycles. The Hall–Kier alpha value is -3.02. The standard InChI is InChI=1S/C18H20N2O4/c1-3-24-16-10-6-14(7-11-16)18(22)20-19-17(21)12-13-4-8-15(23-2)9-5-13/h4-11H,3,12H2,1-2H3,(H,19,21)(H,20,22). The van der Waals surface area contributed by atoms with E-state index in [1.165, 1.54) is 0 Å². The first-order valence-electron chi connectivity index (χ1n) is 7.57. The van der Waals surface area contributed by atoms with E-state index >= 15 is 0 Å². The van der Waals surface area contributed by atoms with Gasteiger partial charge in [-0.25, -0.2) is 0 Å². The SMILES string of the molecule is CCOc1ccc(C(=O)NNC(=O)Cc2ccc(OC)cc2)cc1. The molecule has 2 amide bonds. The molecule has 0 aliphatic heterocycles. The van der Waals surface area contributed by atoms with Gasteiger partial charge in [-0.05, 0) is 48.9 Å². The zero-order valence-electron chi connectivity index (χ0n) is 13.7. The van der Waals surface area contributed by atoms with Crippen molar-refractivity contribution < 1.29 is 19.1 Å². The van der Waals surface area contributed by atoms with Crippen molar-refractivity contribution in [3.05, 3.63) is 59.7 Å². The molecular weight excluding hydrogens is 308 g/mol. The first-order chi connectivity index (χ1) is 11.6. The Morgan fingerprint density at radius 2 is 1.54 bits per heavy atom. The second kappa shape index (κ2) is 8.57. The van der Waals surface area contributed by atoms with E-state index in [4.69, 9.17) is 9.47 Å². The average molecular weight is 328 g/mol. The van der Waals surface area contributed by atoms with Crippen LogP contribution in [0.5, 0.6) is 11.5 Å². The van der Waals surface area contributed by atoms with Crippen molar-refractivity contribution in [1.82, 2.24) is 10.9 Å². The van der Waals surface area contributed by atoms with E-state index in [1.54, 1.807) is 55.6 Å². The van der Waals surface area contributed by atoms with Gasteiger partial charge in [0.2, 0.25) is 5.91 Å². The van der Waals surface area contributed by atoms with Crippen molar-refractivity contribution in [1.29, 1.82) is 0 Å². The van der Waals surface area contributed by atoms with E-state index in [-0.39, 0.29) is 18.2 Å². The maximum absolute atomic E-state index is 12.0. The molecule has 2 rings (SSSR count). The monoisotopic (exact) mass is 328 g/mol. The predicted molar refractivity (Wildman–Crippen MR) is 89.9 cm³/mol. The lowest BCUT2D eigenvalue weighted by molar-refractivity contribution is -0.121. The molecule has 2 aromatic rings. The smallest absolute Gasteiger partial charge is 0.269 e. The molecule has 0 aliphatic carbocycles. The van der Waals surface area contributed by atoms with Gasteiger partial charge in [-0.3, -0.25) is 20.4 Å². The summed E-state index contributed by atoms with van der Waals surface area (Å²) in [6.45, 7) is 2.45. The molecule has 6 heteroatoms. The maximum Gasteiger partial charge on any atom is 0.269 e. The number of hydrogen-bond acceptors (Lipinski definition) is 4. The van der Waals surface area contributed by atoms with Crippen LogP contribution in [0.2, 0.25) is 0 Å². The minimum atomic E-state index is -0.388. The van der Waals surface area contributed by atoms with E-state index in [2.05, 4.69) is 10.9 Å². The molecule has 126 valence electrons. The van der Waals surface area contributed by atoms with Gasteiger partial charge < -0.3 is 9.47 Å². The summed E-state index contributed by atoms with van der Waals surface area (Å²) in [6, 6.07) is 13.8. The van der Waals surface area contributed by atoms with Crippen LogP contribution in [0, 0.1) is 0 Å². The van der Waals surface area contributed by atoms with Gasteiger partial charge in [0.05, 0.1) is 20.1 Å². The number of carbonyl (C=O) groups is 2. The van der Waals surface area contributed by atoms with Crippen molar-refractivity contribution in [3.8, 4) is 11.5 Å². The number of rotatable bonds is 6. The predicted octanol–water partition coefficient (Wildman–Crippen LogP) is 2.10. The minimum Gasteiger partial charge on any atom is -0.497 e. The first-order valence-corrected chi connectivity index (χ1v) is 7.57. The average Bonchev–Trinajstić information content (AvgIpc) is 2.61. The van der Waals surface area contributed by atoms with Crippen LogP contribution in [0.4, 0.5) is 0 Å². The molecule has 0 atom stereocenters. The number of amides is 2. The van der Waals surface area contributed by atoms with E-state index in [0.717, 1.165) is 11.3 Å². The summed E-state index contributed by atoms with van der Waals surface area (Å²) >= 11 is 0. The van der Waals surface area contributed by atoms with Gasteiger partial charge in [-0.15, -0.1) is 0 Å². The highest BCUT2D eigenvalue weighted by Gasteiger charge is 2.08. The van der Waals surface area contributed by atoms with Gasteiger partial charge in [0.25, 0.3) is 5.91 Å². The second-order valence-electron chi connectivity index (χ2n) is 4.98. The summed E-state index contributed by atoms with van der Waals surface area (Å²) in [5.41, 5.74) is 6.04. The highest BCUT2D eigenvalue weighted by atomic mass is 16.5. The summed E-state index contributed by atoms with van der Waals surface area (Å²) in [5, 5.41) is 0. The topological polar surface area (TPSA) is 76.7 Å². The molecule has 2 N–H and O–H groups in total. The van der Waals surface area contributed by atoms with E-state index in [9.17, 15) is 9.59 Å². The van der Waals surface area contributed by atoms with Gasteiger partial charge in [-0.2, -0.15) is 0 Å². The molecule has 0 fully saturated rings. The number of carbonyl (C=O) groups excluding carboxylic acids is 2. The normalized spacial score (nSPS) is 9.92. The van der Waals surface area contributed by atoms with Crippen LogP contribution in [-0.2, 0) is 11.2 Å². The van der Waals surface area contributed by atoms with Crippen molar-refractivity contribution in [2.75, 3.05) is 13.7 Å². The summed E-state index contributed by atoms with van der Waals surface area (Å²) < 4.78 is 10.4. The van der Waals surface area contributed by atoms with Gasteiger partial charge in [0, 0.05) is 5.56 Å². The van der Waals surface area contributed by atoms with E-state index in [1.807, 2.05) is 6.92 Å². The van der Waals surface area contributed by atoms with Crippen molar-refractivity contribution in [2.24, 2.45) is 0 Å². The molecule has 2 aromatic carbocycles. The zero-order valence-corrected chi connectivity index (χ0v) is 13.7. The maximum atomic E-state index is 12.0. The Morgan fingerprint density at radius 3 is 2.12 bits per heavy atom. The highest BCUT2D eigenvalue weighted by Crippen LogP contribution is 2.12. The summed E-state index contributed by atoms with van der Waals surface area (Å²) in [7, 11) is 1.58. The molecule has 0 aliphatic rings. The lowest BCUT2D eigenvalue weighted by Crippen LogP contribution is -2.42. The zero-order chi connectivity index (χ0) is 17.4. The molecule has 6 nitrogen and oxygen atoms in total. The van der Waals surface area contributed by atoms with Crippen molar-refractivity contribution in [3.63, 3.8) is 0 Å². The van der Waals surface area contributed by atoms with E-state index < -0.39 is 0 Å². The third-order valence-corrected chi connectivity index (χ3v) is 3.27. The van der Waals surface area contributed by atoms with Crippen LogP contribution in [0.3, 0.4) is 0 Å². The number of hydrogen-bond donors (Lipinski definition) is 2. The van der Waals surface area contributed by atoms with Crippen LogP contribution in [-0.4, -0.2) is 25.5 Å². The van der Waals surface area contributed by atoms with E-state index in [0.29, 0.717) is 17.9 Å². The summed E-state index contributed by atoms with van der Waals surface area (Å²) in [6.07, 6.45) is 0.160. The van der Waals surface area contributed by atoms with Crippen LogP contribution in [0.25, 0.3) is 0 Å². The molecular formula is C18H20N2O4. The Morgan fingerprint density at radius 1 is 0.917 bits per heavy atom. The largest absolute Gasteiger partial charge is 0.497 e. The summed E-state index contributed by atoms with van der Waals surface area (Å²) in [5.74, 6) is 0.723. The molecule has 24 heavy (non-hydrogen) atoms. The fourth-order valence-corrected chi connectivity index (χ4v) is 2.04. The van der Waals surface area contributed by atoms with Crippen LogP contribution in [0.1, 0.15) is 22.8 Å². The van der Waals surface area contributed by atoms with Crippen LogP contribution >= 0.6 is 0 Å². The van der Waals surface area contributed by atoms with Gasteiger partial charge in [-0.1, -0.05) is 12.1 Å². The molecule has 0 heterocycles. The molecule has 0 bridgehead atoms. The van der Waals surface area contributed by atoms with Crippen LogP contribution < -0.4 is 20.3 Å². The van der Waals surface area contributed by atoms with Crippen LogP contribution in [0.15, 0.2) is 48.5 Å². The second-order valence-corrected chi connectivity index (χ2v) is 4.98. The lowest BCUT2D eigenvalue weighted by atomic mass is 10.1. The Labute approximate surface area is 140 Å². The van der Waals surface area contributed by atoms with Gasteiger partial charge in [0.15, 0.2) is 0 Å². The van der Waals surface area contributed by atoms with Gasteiger partial charge in [0.1, 0.15) is 11.5 Å². The minimum absolute atomic E-state index is 0.160. The lowest BCUT2D eigenvalue weighted by Gasteiger charge is -2.08. The third-order valence-electron chi connectivity index (χ3n) is 3.27. The molecule has 0 saturated carbocycles. The molecule has 0 unspecified atom stereocenters. The number of nitrogens with one attached hydrogen (secondary N) is 2. The first kappa shape index (κ1) is 17.3. The van der Waals surface area contributed by atoms with Gasteiger partial charge >= 0.3 is 0 Å². The number of benzene rings is 2. The Balaban J connectivity index is 1.82. The molecule has 0 saturated heterocycles. The summed E-state index contributed by atoms with van der Waals surface area (Å²) in [4.78, 5) is 23.8. The molecule has 0 radical (unpaired) electrons. The Kier molecular flexibility index (Phi) is 6.19. The quantitative estimate of drug-likeness (QED) is 0.796. The highest BCUT2D eigenvalue weighted by molar-refractivity contribution is 5.95. The number of hydrazine groups is 1. The third kappa shape index (κ3) is 5.01. The fourth-order valence-electron chi connectivity index (χ4n) is 2.04. The number of methoxy groups -OCH3 is 1. The van der Waals surface area contributed by atoms with Crippen molar-refractivity contribution >= 4 is 11.8 Å². The fraction of sp³-hybridized carbons (Fsp3) is 0.222.